The van der Waals surface area contributed by atoms with E-state index in [1.54, 1.807) is 19.2 Å². The number of amidine groups is 1. The van der Waals surface area contributed by atoms with E-state index in [-0.39, 0.29) is 18.7 Å². The number of nitrogens with zero attached hydrogens (tertiary/aromatic N) is 2. The van der Waals surface area contributed by atoms with Crippen molar-refractivity contribution in [2.24, 2.45) is 0 Å². The average Bonchev–Trinajstić information content (AvgIpc) is 3.12. The van der Waals surface area contributed by atoms with Crippen molar-refractivity contribution in [1.29, 1.82) is 0 Å². The first-order valence-electron chi connectivity index (χ1n) is 12.5. The molecule has 0 spiro atoms. The molecule has 2 atom stereocenters. The van der Waals surface area contributed by atoms with Crippen molar-refractivity contribution >= 4 is 35.0 Å². The molecule has 0 saturated heterocycles. The van der Waals surface area contributed by atoms with E-state index < -0.39 is 11.6 Å². The molecule has 0 radical (unpaired) electrons. The first kappa shape index (κ1) is 27.8. The van der Waals surface area contributed by atoms with Crippen LogP contribution < -0.4 is 9.47 Å². The molecule has 0 aromatic heterocycles. The summed E-state index contributed by atoms with van der Waals surface area (Å²) in [5.41, 5.74) is 1.24. The molecule has 8 heteroatoms. The lowest BCUT2D eigenvalue weighted by Crippen LogP contribution is -2.49. The van der Waals surface area contributed by atoms with E-state index in [1.807, 2.05) is 94.0 Å². The molecule has 1 heterocycles. The largest absolute Gasteiger partial charge is 0.497 e. The van der Waals surface area contributed by atoms with Crippen LogP contribution in [0.1, 0.15) is 43.5 Å². The van der Waals surface area contributed by atoms with Crippen molar-refractivity contribution in [3.63, 3.8) is 0 Å². The minimum absolute atomic E-state index is 0.0726. The highest BCUT2D eigenvalue weighted by molar-refractivity contribution is 6.30. The summed E-state index contributed by atoms with van der Waals surface area (Å²) in [6, 6.07) is 20.2. The van der Waals surface area contributed by atoms with Crippen LogP contribution in [0, 0.1) is 0 Å². The first-order valence-corrected chi connectivity index (χ1v) is 13.3. The number of esters is 1. The van der Waals surface area contributed by atoms with Gasteiger partial charge in [-0.25, -0.2) is 9.37 Å². The number of benzene rings is 3. The molecule has 6 nitrogen and oxygen atoms in total. The predicted octanol–water partition coefficient (Wildman–Crippen LogP) is 6.32. The first-order chi connectivity index (χ1) is 18.1. The SMILES string of the molecule is CCOC(=O)[C@@]1(c2ccc(Cl)cc2)[C@H](c2ccc(Cl)cc2)N(C)C(c2ccc(OC)cc2OC(C)C)=[N+]1C. The smallest absolute Gasteiger partial charge is 0.364 e. The Labute approximate surface area is 234 Å². The minimum Gasteiger partial charge on any atom is -0.497 e. The molecule has 200 valence electrons. The summed E-state index contributed by atoms with van der Waals surface area (Å²) in [5.74, 6) is 1.76. The molecule has 0 N–H and O–H groups in total. The van der Waals surface area contributed by atoms with E-state index in [0.29, 0.717) is 21.5 Å². The Balaban J connectivity index is 2.08. The number of halogens is 2. The summed E-state index contributed by atoms with van der Waals surface area (Å²) >= 11 is 12.5. The Hall–Kier alpha value is -3.22. The fourth-order valence-corrected chi connectivity index (χ4v) is 5.55. The van der Waals surface area contributed by atoms with Gasteiger partial charge in [-0.05, 0) is 57.2 Å². The number of rotatable bonds is 8. The molecular formula is C30H33Cl2N2O4+. The summed E-state index contributed by atoms with van der Waals surface area (Å²) in [4.78, 5) is 16.3. The van der Waals surface area contributed by atoms with E-state index in [0.717, 1.165) is 22.5 Å². The third kappa shape index (κ3) is 4.83. The Morgan fingerprint density at radius 1 is 1.03 bits per heavy atom. The van der Waals surface area contributed by atoms with Gasteiger partial charge in [0, 0.05) is 27.2 Å². The maximum atomic E-state index is 14.2. The molecule has 38 heavy (non-hydrogen) atoms. The minimum atomic E-state index is -1.24. The van der Waals surface area contributed by atoms with Gasteiger partial charge in [0.1, 0.15) is 17.1 Å². The van der Waals surface area contributed by atoms with E-state index >= 15 is 0 Å². The predicted molar refractivity (Wildman–Crippen MR) is 151 cm³/mol. The molecule has 4 rings (SSSR count). The van der Waals surface area contributed by atoms with Crippen molar-refractivity contribution in [3.05, 3.63) is 93.5 Å². The Morgan fingerprint density at radius 2 is 1.63 bits per heavy atom. The molecular weight excluding hydrogens is 523 g/mol. The molecule has 0 saturated carbocycles. The zero-order valence-corrected chi connectivity index (χ0v) is 24.0. The molecule has 0 aliphatic carbocycles. The van der Waals surface area contributed by atoms with Crippen molar-refractivity contribution in [2.45, 2.75) is 38.5 Å². The van der Waals surface area contributed by atoms with Gasteiger partial charge < -0.3 is 14.2 Å². The van der Waals surface area contributed by atoms with Gasteiger partial charge in [0.25, 0.3) is 11.4 Å². The van der Waals surface area contributed by atoms with Crippen molar-refractivity contribution < 1.29 is 23.6 Å². The number of likely N-dealkylation sites (N-methyl/N-ethyl adjacent to an activating group) is 2. The van der Waals surface area contributed by atoms with Crippen molar-refractivity contribution in [3.8, 4) is 11.5 Å². The van der Waals surface area contributed by atoms with Gasteiger partial charge >= 0.3 is 5.97 Å². The van der Waals surface area contributed by atoms with Crippen LogP contribution in [0.15, 0.2) is 66.7 Å². The summed E-state index contributed by atoms with van der Waals surface area (Å²) < 4.78 is 19.5. The van der Waals surface area contributed by atoms with Gasteiger partial charge in [0.15, 0.2) is 6.04 Å². The fourth-order valence-electron chi connectivity index (χ4n) is 5.30. The zero-order valence-electron chi connectivity index (χ0n) is 22.5. The summed E-state index contributed by atoms with van der Waals surface area (Å²) in [6.45, 7) is 6.00. The van der Waals surface area contributed by atoms with Crippen LogP contribution in [0.25, 0.3) is 0 Å². The van der Waals surface area contributed by atoms with Gasteiger partial charge in [-0.1, -0.05) is 47.5 Å². The highest BCUT2D eigenvalue weighted by Crippen LogP contribution is 2.49. The Bertz CT molecular complexity index is 1340. The lowest BCUT2D eigenvalue weighted by atomic mass is 9.79. The summed E-state index contributed by atoms with van der Waals surface area (Å²) in [7, 11) is 5.51. The van der Waals surface area contributed by atoms with Crippen LogP contribution in [-0.4, -0.2) is 55.2 Å². The number of carbonyl (C=O) groups is 1. The highest BCUT2D eigenvalue weighted by atomic mass is 35.5. The fraction of sp³-hybridized carbons (Fsp3) is 0.333. The van der Waals surface area contributed by atoms with Crippen molar-refractivity contribution in [1.82, 2.24) is 4.90 Å². The third-order valence-electron chi connectivity index (χ3n) is 6.81. The highest BCUT2D eigenvalue weighted by Gasteiger charge is 2.65. The number of hydrogen-bond donors (Lipinski definition) is 0. The number of methoxy groups -OCH3 is 1. The molecule has 1 aliphatic rings. The van der Waals surface area contributed by atoms with Gasteiger partial charge in [-0.3, -0.25) is 4.90 Å². The topological polar surface area (TPSA) is 51.0 Å². The Kier molecular flexibility index (Phi) is 8.24. The molecule has 3 aromatic rings. The molecule has 0 amide bonds. The quantitative estimate of drug-likeness (QED) is 0.240. The lowest BCUT2D eigenvalue weighted by molar-refractivity contribution is -0.572. The molecule has 0 unspecified atom stereocenters. The second-order valence-corrected chi connectivity index (χ2v) is 10.3. The second kappa shape index (κ2) is 11.3. The van der Waals surface area contributed by atoms with E-state index in [9.17, 15) is 4.79 Å². The summed E-state index contributed by atoms with van der Waals surface area (Å²) in [6.07, 6.45) is -0.0726. The summed E-state index contributed by atoms with van der Waals surface area (Å²) in [5, 5.41) is 1.19. The molecule has 3 aromatic carbocycles. The Morgan fingerprint density at radius 3 is 2.18 bits per heavy atom. The molecule has 0 fully saturated rings. The van der Waals surface area contributed by atoms with Crippen LogP contribution in [-0.2, 0) is 15.1 Å². The number of carbonyl (C=O) groups excluding carboxylic acids is 1. The molecule has 0 bridgehead atoms. The van der Waals surface area contributed by atoms with E-state index in [1.165, 1.54) is 0 Å². The number of ether oxygens (including phenoxy) is 3. The standard InChI is InChI=1S/C30H33Cl2N2O4/c1-7-37-29(35)30(21-10-14-23(32)15-11-21)27(20-8-12-22(31)13-9-20)33(4)28(34(30)5)25-17-16-24(36-6)18-26(25)38-19(2)3/h8-19,27H,7H2,1-6H3/q+1/t27-,30+/m0/s1. The van der Waals surface area contributed by atoms with Gasteiger partial charge in [-0.2, -0.15) is 0 Å². The van der Waals surface area contributed by atoms with Crippen LogP contribution >= 0.6 is 23.2 Å². The number of hydrogen-bond acceptors (Lipinski definition) is 5. The average molecular weight is 557 g/mol. The second-order valence-electron chi connectivity index (χ2n) is 9.47. The van der Waals surface area contributed by atoms with Crippen LogP contribution in [0.3, 0.4) is 0 Å². The van der Waals surface area contributed by atoms with Gasteiger partial charge in [0.2, 0.25) is 0 Å². The monoisotopic (exact) mass is 555 g/mol. The van der Waals surface area contributed by atoms with E-state index in [2.05, 4.69) is 4.90 Å². The van der Waals surface area contributed by atoms with Crippen LogP contribution in [0.2, 0.25) is 10.0 Å². The van der Waals surface area contributed by atoms with Crippen LogP contribution in [0.4, 0.5) is 0 Å². The van der Waals surface area contributed by atoms with Crippen LogP contribution in [0.5, 0.6) is 11.5 Å². The third-order valence-corrected chi connectivity index (χ3v) is 7.32. The maximum absolute atomic E-state index is 14.2. The van der Waals surface area contributed by atoms with Gasteiger partial charge in [-0.15, -0.1) is 0 Å². The van der Waals surface area contributed by atoms with E-state index in [4.69, 9.17) is 37.4 Å². The molecule has 1 aliphatic heterocycles. The maximum Gasteiger partial charge on any atom is 0.364 e. The normalized spacial score (nSPS) is 19.2. The zero-order chi connectivity index (χ0) is 27.6. The van der Waals surface area contributed by atoms with Gasteiger partial charge in [0.05, 0.1) is 33.9 Å². The van der Waals surface area contributed by atoms with Crippen molar-refractivity contribution in [2.75, 3.05) is 27.8 Å². The lowest BCUT2D eigenvalue weighted by Gasteiger charge is -2.32.